The Bertz CT molecular complexity index is 62.6. The minimum Gasteiger partial charge on any atom is -0.0168 e. The molecule has 0 saturated carbocycles. The molecule has 1 saturated heterocycles. The van der Waals surface area contributed by atoms with E-state index >= 15 is 0 Å². The molecule has 42 valence electrons. The molecule has 0 N–H and O–H groups in total. The van der Waals surface area contributed by atoms with Gasteiger partial charge < -0.3 is 0 Å². The normalized spacial score (nSPS) is 51.0. The standard InChI is InChI=1S/C6H13S/c1-5-4-6(2)7(5)3/h5-6H,4H2,1-3H3/q+1. The molecular formula is C6H13S+. The van der Waals surface area contributed by atoms with Crippen LogP contribution in [0.5, 0.6) is 0 Å². The summed E-state index contributed by atoms with van der Waals surface area (Å²) in [5.41, 5.74) is 0. The summed E-state index contributed by atoms with van der Waals surface area (Å²) in [5.74, 6) is 0. The Hall–Kier alpha value is 0.350. The van der Waals surface area contributed by atoms with Crippen LogP contribution in [0.3, 0.4) is 0 Å². The first-order chi connectivity index (χ1) is 3.22. The summed E-state index contributed by atoms with van der Waals surface area (Å²) in [5, 5.41) is 2.07. The summed E-state index contributed by atoms with van der Waals surface area (Å²) >= 11 is 0. The van der Waals surface area contributed by atoms with E-state index < -0.39 is 0 Å². The van der Waals surface area contributed by atoms with Gasteiger partial charge in [0.2, 0.25) is 0 Å². The Kier molecular flexibility index (Phi) is 1.33. The smallest absolute Gasteiger partial charge is 0.0168 e. The molecule has 0 aromatic heterocycles. The molecule has 1 heterocycles. The molecule has 0 radical (unpaired) electrons. The van der Waals surface area contributed by atoms with Crippen LogP contribution in [-0.2, 0) is 10.9 Å². The van der Waals surface area contributed by atoms with E-state index in [-0.39, 0.29) is 0 Å². The van der Waals surface area contributed by atoms with Gasteiger partial charge in [0, 0.05) is 6.42 Å². The van der Waals surface area contributed by atoms with Gasteiger partial charge in [0.05, 0.1) is 6.26 Å². The molecule has 2 unspecified atom stereocenters. The lowest BCUT2D eigenvalue weighted by molar-refractivity contribution is 0.723. The molecule has 1 rings (SSSR count). The van der Waals surface area contributed by atoms with Gasteiger partial charge >= 0.3 is 0 Å². The van der Waals surface area contributed by atoms with Gasteiger partial charge in [-0.3, -0.25) is 0 Å². The summed E-state index contributed by atoms with van der Waals surface area (Å²) in [6, 6.07) is 0. The van der Waals surface area contributed by atoms with Crippen molar-refractivity contribution in [3.8, 4) is 0 Å². The van der Waals surface area contributed by atoms with Gasteiger partial charge in [-0.2, -0.15) is 0 Å². The first kappa shape index (κ1) is 5.49. The first-order valence-corrected chi connectivity index (χ1v) is 4.61. The summed E-state index contributed by atoms with van der Waals surface area (Å²) in [7, 11) is 0.769. The van der Waals surface area contributed by atoms with Crippen molar-refractivity contribution < 1.29 is 0 Å². The lowest BCUT2D eigenvalue weighted by atomic mass is 10.2. The van der Waals surface area contributed by atoms with E-state index in [2.05, 4.69) is 20.1 Å². The Labute approximate surface area is 48.6 Å². The number of rotatable bonds is 0. The van der Waals surface area contributed by atoms with E-state index in [0.717, 1.165) is 21.4 Å². The molecule has 2 atom stereocenters. The Morgan fingerprint density at radius 2 is 1.71 bits per heavy atom. The van der Waals surface area contributed by atoms with Gasteiger partial charge in [-0.15, -0.1) is 0 Å². The van der Waals surface area contributed by atoms with Crippen LogP contribution >= 0.6 is 0 Å². The highest BCUT2D eigenvalue weighted by molar-refractivity contribution is 7.98. The lowest BCUT2D eigenvalue weighted by Crippen LogP contribution is -2.41. The van der Waals surface area contributed by atoms with Gasteiger partial charge in [-0.1, -0.05) is 0 Å². The maximum atomic E-state index is 2.37. The summed E-state index contributed by atoms with van der Waals surface area (Å²) in [4.78, 5) is 0. The third-order valence-electron chi connectivity index (χ3n) is 1.93. The second kappa shape index (κ2) is 1.70. The number of hydrogen-bond acceptors (Lipinski definition) is 0. The molecule has 0 bridgehead atoms. The second-order valence-corrected chi connectivity index (χ2v) is 5.29. The average Bonchev–Trinajstić information content (AvgIpc) is 1.68. The van der Waals surface area contributed by atoms with Crippen LogP contribution in [0.2, 0.25) is 0 Å². The topological polar surface area (TPSA) is 0 Å². The van der Waals surface area contributed by atoms with Crippen molar-refractivity contribution in [1.29, 1.82) is 0 Å². The van der Waals surface area contributed by atoms with Crippen LogP contribution in [0.25, 0.3) is 0 Å². The fourth-order valence-corrected chi connectivity index (χ4v) is 2.66. The van der Waals surface area contributed by atoms with Crippen molar-refractivity contribution in [1.82, 2.24) is 0 Å². The summed E-state index contributed by atoms with van der Waals surface area (Å²) in [6.07, 6.45) is 3.85. The average molecular weight is 117 g/mol. The van der Waals surface area contributed by atoms with Crippen molar-refractivity contribution in [3.63, 3.8) is 0 Å². The molecule has 0 aliphatic carbocycles. The first-order valence-electron chi connectivity index (χ1n) is 2.85. The SMILES string of the molecule is CC1CC(C)[S+]1C. The highest BCUT2D eigenvalue weighted by atomic mass is 32.2. The van der Waals surface area contributed by atoms with Crippen molar-refractivity contribution >= 4 is 10.9 Å². The molecule has 1 aliphatic rings. The Morgan fingerprint density at radius 1 is 1.29 bits per heavy atom. The van der Waals surface area contributed by atoms with Crippen LogP contribution in [0.15, 0.2) is 0 Å². The zero-order chi connectivity index (χ0) is 5.44. The van der Waals surface area contributed by atoms with Crippen molar-refractivity contribution in [2.45, 2.75) is 30.8 Å². The van der Waals surface area contributed by atoms with E-state index in [4.69, 9.17) is 0 Å². The third-order valence-corrected chi connectivity index (χ3v) is 4.86. The van der Waals surface area contributed by atoms with E-state index in [1.165, 1.54) is 6.42 Å². The monoisotopic (exact) mass is 117 g/mol. The van der Waals surface area contributed by atoms with Crippen molar-refractivity contribution in [2.24, 2.45) is 0 Å². The quantitative estimate of drug-likeness (QED) is 0.421. The van der Waals surface area contributed by atoms with Gasteiger partial charge in [0.1, 0.15) is 10.5 Å². The van der Waals surface area contributed by atoms with Crippen LogP contribution < -0.4 is 0 Å². The zero-order valence-corrected chi connectivity index (χ0v) is 6.09. The summed E-state index contributed by atoms with van der Waals surface area (Å²) in [6.45, 7) is 4.70. The molecule has 0 amide bonds. The minimum absolute atomic E-state index is 0.769. The molecule has 0 nitrogen and oxygen atoms in total. The highest BCUT2D eigenvalue weighted by Gasteiger charge is 2.40. The Balaban J connectivity index is 2.29. The van der Waals surface area contributed by atoms with E-state index in [9.17, 15) is 0 Å². The van der Waals surface area contributed by atoms with Gasteiger partial charge in [-0.25, -0.2) is 0 Å². The molecule has 0 spiro atoms. The predicted octanol–water partition coefficient (Wildman–Crippen LogP) is 1.42. The van der Waals surface area contributed by atoms with Gasteiger partial charge in [0.25, 0.3) is 0 Å². The van der Waals surface area contributed by atoms with Crippen LogP contribution in [0.4, 0.5) is 0 Å². The van der Waals surface area contributed by atoms with Crippen molar-refractivity contribution in [2.75, 3.05) is 6.26 Å². The van der Waals surface area contributed by atoms with Crippen LogP contribution in [0, 0.1) is 0 Å². The molecular weight excluding hydrogens is 104 g/mol. The lowest BCUT2D eigenvalue weighted by Gasteiger charge is -2.27. The van der Waals surface area contributed by atoms with Crippen LogP contribution in [-0.4, -0.2) is 16.8 Å². The van der Waals surface area contributed by atoms with E-state index in [1.807, 2.05) is 0 Å². The molecule has 7 heavy (non-hydrogen) atoms. The van der Waals surface area contributed by atoms with E-state index in [0.29, 0.717) is 0 Å². The predicted molar refractivity (Wildman–Crippen MR) is 36.8 cm³/mol. The van der Waals surface area contributed by atoms with Gasteiger partial charge in [-0.05, 0) is 24.7 Å². The second-order valence-electron chi connectivity index (χ2n) is 2.46. The summed E-state index contributed by atoms with van der Waals surface area (Å²) < 4.78 is 0. The fraction of sp³-hybridized carbons (Fsp3) is 1.00. The fourth-order valence-electron chi connectivity index (χ4n) is 1.05. The van der Waals surface area contributed by atoms with Crippen LogP contribution in [0.1, 0.15) is 20.3 Å². The largest absolute Gasteiger partial charge is 0.120 e. The molecule has 1 aliphatic heterocycles. The molecule has 1 heteroatoms. The van der Waals surface area contributed by atoms with E-state index in [1.54, 1.807) is 0 Å². The van der Waals surface area contributed by atoms with Crippen molar-refractivity contribution in [3.05, 3.63) is 0 Å². The van der Waals surface area contributed by atoms with Gasteiger partial charge in [0.15, 0.2) is 0 Å². The zero-order valence-electron chi connectivity index (χ0n) is 5.27. The molecule has 1 fully saturated rings. The highest BCUT2D eigenvalue weighted by Crippen LogP contribution is 2.28. The maximum Gasteiger partial charge on any atom is 0.120 e. The molecule has 0 aromatic rings. The third kappa shape index (κ3) is 0.788. The Morgan fingerprint density at radius 3 is 1.71 bits per heavy atom. The maximum absolute atomic E-state index is 2.37. The molecule has 0 aromatic carbocycles. The number of hydrogen-bond donors (Lipinski definition) is 0. The minimum atomic E-state index is 0.769.